The summed E-state index contributed by atoms with van der Waals surface area (Å²) in [5.41, 5.74) is 10.0. The minimum Gasteiger partial charge on any atom is -0.396 e. The van der Waals surface area contributed by atoms with Crippen molar-refractivity contribution in [2.75, 3.05) is 6.61 Å². The van der Waals surface area contributed by atoms with E-state index in [0.29, 0.717) is 0 Å². The van der Waals surface area contributed by atoms with Gasteiger partial charge >= 0.3 is 0 Å². The SMILES string of the molecule is Cn1cc(C(CO)N=[N+]=[N-])c2cccnc21. The van der Waals surface area contributed by atoms with E-state index in [-0.39, 0.29) is 6.61 Å². The van der Waals surface area contributed by atoms with Crippen LogP contribution >= 0.6 is 0 Å². The van der Waals surface area contributed by atoms with Gasteiger partial charge in [-0.15, -0.1) is 0 Å². The minimum atomic E-state index is -0.558. The summed E-state index contributed by atoms with van der Waals surface area (Å²) >= 11 is 0. The maximum atomic E-state index is 9.18. The van der Waals surface area contributed by atoms with E-state index in [1.165, 1.54) is 0 Å². The molecule has 82 valence electrons. The molecule has 1 N–H and O–H groups in total. The standard InChI is InChI=1S/C10H11N5O/c1-15-5-8(9(6-16)13-14-11)7-3-2-4-12-10(7)15/h2-5,9,16H,6H2,1H3. The van der Waals surface area contributed by atoms with Crippen LogP contribution in [0.15, 0.2) is 29.6 Å². The van der Waals surface area contributed by atoms with E-state index in [4.69, 9.17) is 5.53 Å². The van der Waals surface area contributed by atoms with E-state index in [0.717, 1.165) is 16.6 Å². The molecule has 0 aliphatic heterocycles. The summed E-state index contributed by atoms with van der Waals surface area (Å²) in [6, 6.07) is 3.15. The molecule has 2 aromatic rings. The van der Waals surface area contributed by atoms with Crippen molar-refractivity contribution in [1.29, 1.82) is 0 Å². The van der Waals surface area contributed by atoms with Gasteiger partial charge in [-0.1, -0.05) is 5.11 Å². The van der Waals surface area contributed by atoms with Gasteiger partial charge in [0.15, 0.2) is 0 Å². The summed E-state index contributed by atoms with van der Waals surface area (Å²) < 4.78 is 1.85. The molecule has 16 heavy (non-hydrogen) atoms. The van der Waals surface area contributed by atoms with Crippen molar-refractivity contribution >= 4 is 11.0 Å². The van der Waals surface area contributed by atoms with Crippen LogP contribution in [0.25, 0.3) is 21.5 Å². The second-order valence-electron chi connectivity index (χ2n) is 3.47. The number of aliphatic hydroxyl groups is 1. The lowest BCUT2D eigenvalue weighted by Crippen LogP contribution is -1.99. The number of aryl methyl sites for hydroxylation is 1. The van der Waals surface area contributed by atoms with Crippen molar-refractivity contribution in [1.82, 2.24) is 9.55 Å². The zero-order valence-electron chi connectivity index (χ0n) is 8.78. The van der Waals surface area contributed by atoms with Gasteiger partial charge in [0.1, 0.15) is 5.65 Å². The van der Waals surface area contributed by atoms with E-state index >= 15 is 0 Å². The highest BCUT2D eigenvalue weighted by molar-refractivity contribution is 5.80. The van der Waals surface area contributed by atoms with Crippen LogP contribution in [0.1, 0.15) is 11.6 Å². The Kier molecular flexibility index (Phi) is 2.76. The first-order chi connectivity index (χ1) is 7.77. The lowest BCUT2D eigenvalue weighted by Gasteiger charge is -2.04. The van der Waals surface area contributed by atoms with Crippen molar-refractivity contribution in [3.8, 4) is 0 Å². The fourth-order valence-corrected chi connectivity index (χ4v) is 1.77. The summed E-state index contributed by atoms with van der Waals surface area (Å²) in [5, 5.41) is 13.7. The average molecular weight is 217 g/mol. The van der Waals surface area contributed by atoms with Crippen LogP contribution in [-0.2, 0) is 7.05 Å². The largest absolute Gasteiger partial charge is 0.396 e. The second kappa shape index (κ2) is 4.22. The number of nitrogens with zero attached hydrogens (tertiary/aromatic N) is 5. The van der Waals surface area contributed by atoms with E-state index in [1.54, 1.807) is 6.20 Å². The molecule has 0 aliphatic rings. The molecule has 2 rings (SSSR count). The molecule has 0 fully saturated rings. The number of rotatable bonds is 3. The van der Waals surface area contributed by atoms with E-state index < -0.39 is 6.04 Å². The zero-order chi connectivity index (χ0) is 11.5. The molecule has 0 bridgehead atoms. The van der Waals surface area contributed by atoms with Gasteiger partial charge in [-0.25, -0.2) is 4.98 Å². The Balaban J connectivity index is 2.64. The molecule has 0 saturated carbocycles. The van der Waals surface area contributed by atoms with Crippen LogP contribution in [0, 0.1) is 0 Å². The minimum absolute atomic E-state index is 0.210. The molecule has 0 aliphatic carbocycles. The third-order valence-corrected chi connectivity index (χ3v) is 2.49. The van der Waals surface area contributed by atoms with E-state index in [2.05, 4.69) is 15.0 Å². The van der Waals surface area contributed by atoms with Gasteiger partial charge < -0.3 is 9.67 Å². The van der Waals surface area contributed by atoms with Gasteiger partial charge in [0.2, 0.25) is 0 Å². The maximum Gasteiger partial charge on any atom is 0.139 e. The van der Waals surface area contributed by atoms with Gasteiger partial charge in [-0.05, 0) is 23.2 Å². The van der Waals surface area contributed by atoms with Crippen molar-refractivity contribution < 1.29 is 5.11 Å². The summed E-state index contributed by atoms with van der Waals surface area (Å²) in [5.74, 6) is 0. The topological polar surface area (TPSA) is 86.8 Å². The third-order valence-electron chi connectivity index (χ3n) is 2.49. The highest BCUT2D eigenvalue weighted by Crippen LogP contribution is 2.26. The van der Waals surface area contributed by atoms with Crippen molar-refractivity contribution in [2.24, 2.45) is 12.2 Å². The normalized spacial score (nSPS) is 12.4. The fourth-order valence-electron chi connectivity index (χ4n) is 1.77. The Hall–Kier alpha value is -2.04. The molecule has 6 nitrogen and oxygen atoms in total. The van der Waals surface area contributed by atoms with Crippen LogP contribution in [0.4, 0.5) is 0 Å². The van der Waals surface area contributed by atoms with Gasteiger partial charge in [-0.2, -0.15) is 0 Å². The quantitative estimate of drug-likeness (QED) is 0.483. The van der Waals surface area contributed by atoms with Crippen LogP contribution < -0.4 is 0 Å². The molecule has 0 amide bonds. The Morgan fingerprint density at radius 2 is 2.50 bits per heavy atom. The predicted molar refractivity (Wildman–Crippen MR) is 59.7 cm³/mol. The van der Waals surface area contributed by atoms with Gasteiger partial charge in [0.25, 0.3) is 0 Å². The molecule has 2 heterocycles. The first-order valence-electron chi connectivity index (χ1n) is 4.83. The summed E-state index contributed by atoms with van der Waals surface area (Å²) in [6.07, 6.45) is 3.53. The Bertz CT molecular complexity index is 555. The highest BCUT2D eigenvalue weighted by atomic mass is 16.3. The number of aromatic nitrogens is 2. The molecule has 6 heteroatoms. The molecule has 1 unspecified atom stereocenters. The summed E-state index contributed by atoms with van der Waals surface area (Å²) in [7, 11) is 1.86. The number of fused-ring (bicyclic) bond motifs is 1. The molecule has 2 aromatic heterocycles. The molecule has 0 aromatic carbocycles. The Morgan fingerprint density at radius 1 is 1.69 bits per heavy atom. The zero-order valence-corrected chi connectivity index (χ0v) is 8.78. The smallest absolute Gasteiger partial charge is 0.139 e. The van der Waals surface area contributed by atoms with Gasteiger partial charge in [0.05, 0.1) is 12.6 Å². The summed E-state index contributed by atoms with van der Waals surface area (Å²) in [4.78, 5) is 6.96. The average Bonchev–Trinajstić information content (AvgIpc) is 2.65. The lowest BCUT2D eigenvalue weighted by molar-refractivity contribution is 0.268. The first kappa shape index (κ1) is 10.5. The lowest BCUT2D eigenvalue weighted by atomic mass is 10.1. The molecule has 1 atom stereocenters. The molecule has 0 spiro atoms. The third kappa shape index (κ3) is 1.60. The second-order valence-corrected chi connectivity index (χ2v) is 3.47. The van der Waals surface area contributed by atoms with Crippen LogP contribution in [-0.4, -0.2) is 21.3 Å². The Morgan fingerprint density at radius 3 is 3.19 bits per heavy atom. The molecule has 0 saturated heterocycles. The number of aliphatic hydroxyl groups excluding tert-OH is 1. The summed E-state index contributed by atoms with van der Waals surface area (Å²) in [6.45, 7) is -0.210. The van der Waals surface area contributed by atoms with Crippen molar-refractivity contribution in [3.63, 3.8) is 0 Å². The molecular weight excluding hydrogens is 206 g/mol. The monoisotopic (exact) mass is 217 g/mol. The fraction of sp³-hybridized carbons (Fsp3) is 0.300. The first-order valence-corrected chi connectivity index (χ1v) is 4.83. The van der Waals surface area contributed by atoms with Crippen LogP contribution in [0.3, 0.4) is 0 Å². The van der Waals surface area contributed by atoms with E-state index in [9.17, 15) is 5.11 Å². The van der Waals surface area contributed by atoms with Gasteiger partial charge in [-0.3, -0.25) is 0 Å². The molecule has 0 radical (unpaired) electrons. The van der Waals surface area contributed by atoms with Crippen LogP contribution in [0.5, 0.6) is 0 Å². The van der Waals surface area contributed by atoms with Crippen molar-refractivity contribution in [3.05, 3.63) is 40.5 Å². The number of pyridine rings is 1. The maximum absolute atomic E-state index is 9.18. The van der Waals surface area contributed by atoms with Crippen LogP contribution in [0.2, 0.25) is 0 Å². The van der Waals surface area contributed by atoms with Crippen molar-refractivity contribution in [2.45, 2.75) is 6.04 Å². The van der Waals surface area contributed by atoms with E-state index in [1.807, 2.05) is 29.9 Å². The predicted octanol–water partition coefficient (Wildman–Crippen LogP) is 1.92. The highest BCUT2D eigenvalue weighted by Gasteiger charge is 2.15. The number of hydrogen-bond acceptors (Lipinski definition) is 3. The number of hydrogen-bond donors (Lipinski definition) is 1. The Labute approximate surface area is 91.8 Å². The molecular formula is C10H11N5O. The van der Waals surface area contributed by atoms with Gasteiger partial charge in [0, 0.05) is 29.7 Å². The number of azide groups is 1.